The van der Waals surface area contributed by atoms with Gasteiger partial charge in [-0.3, -0.25) is 9.59 Å². The lowest BCUT2D eigenvalue weighted by Gasteiger charge is -2.12. The Hall–Kier alpha value is -3.22. The topological polar surface area (TPSA) is 89.8 Å². The monoisotopic (exact) mass is 356 g/mol. The molecule has 0 unspecified atom stereocenters. The quantitative estimate of drug-likeness (QED) is 0.743. The summed E-state index contributed by atoms with van der Waals surface area (Å²) in [6.07, 6.45) is 4.89. The van der Waals surface area contributed by atoms with Crippen LogP contribution in [0, 0.1) is 0 Å². The zero-order chi connectivity index (χ0) is 18.5. The van der Waals surface area contributed by atoms with E-state index in [1.54, 1.807) is 30.3 Å². The predicted molar refractivity (Wildman–Crippen MR) is 94.9 cm³/mol. The summed E-state index contributed by atoms with van der Waals surface area (Å²) in [5, 5.41) is 5.50. The van der Waals surface area contributed by atoms with Crippen LogP contribution in [0.4, 0.5) is 0 Å². The molecule has 1 aliphatic carbocycles. The molecular weight excluding hydrogens is 336 g/mol. The van der Waals surface area contributed by atoms with E-state index in [9.17, 15) is 9.59 Å². The lowest BCUT2D eigenvalue weighted by Crippen LogP contribution is -2.35. The van der Waals surface area contributed by atoms with Gasteiger partial charge < -0.3 is 24.5 Å². The average Bonchev–Trinajstić information content (AvgIpc) is 3.32. The van der Waals surface area contributed by atoms with Crippen LogP contribution in [0.2, 0.25) is 0 Å². The fraction of sp³-hybridized carbons (Fsp3) is 0.263. The first-order valence-corrected chi connectivity index (χ1v) is 8.20. The molecule has 0 bridgehead atoms. The molecule has 1 aromatic carbocycles. The summed E-state index contributed by atoms with van der Waals surface area (Å²) in [5.74, 6) is 0.631. The molecular formula is C19H20N2O5. The Labute approximate surface area is 151 Å². The molecule has 2 N–H and O–H groups in total. The molecule has 2 aromatic rings. The van der Waals surface area contributed by atoms with Gasteiger partial charge in [-0.2, -0.15) is 0 Å². The molecule has 3 rings (SSSR count). The van der Waals surface area contributed by atoms with Gasteiger partial charge in [0.2, 0.25) is 0 Å². The van der Waals surface area contributed by atoms with E-state index in [-0.39, 0.29) is 17.6 Å². The molecule has 1 aromatic heterocycles. The predicted octanol–water partition coefficient (Wildman–Crippen LogP) is 2.35. The van der Waals surface area contributed by atoms with Crippen molar-refractivity contribution in [1.82, 2.24) is 10.6 Å². The Kier molecular flexibility index (Phi) is 5.26. The molecule has 0 atom stereocenters. The number of benzene rings is 1. The van der Waals surface area contributed by atoms with Crippen LogP contribution in [0.3, 0.4) is 0 Å². The molecule has 0 spiro atoms. The molecule has 26 heavy (non-hydrogen) atoms. The van der Waals surface area contributed by atoms with E-state index in [0.717, 1.165) is 12.8 Å². The van der Waals surface area contributed by atoms with Gasteiger partial charge in [0.25, 0.3) is 11.8 Å². The number of furan rings is 1. The number of hydrogen-bond acceptors (Lipinski definition) is 5. The third-order valence-electron chi connectivity index (χ3n) is 3.88. The molecule has 2 amide bonds. The number of carbonyl (C=O) groups excluding carboxylic acids is 2. The first kappa shape index (κ1) is 17.6. The van der Waals surface area contributed by atoms with Gasteiger partial charge in [-0.05, 0) is 43.2 Å². The van der Waals surface area contributed by atoms with Gasteiger partial charge in [-0.15, -0.1) is 0 Å². The number of carbonyl (C=O) groups is 2. The van der Waals surface area contributed by atoms with Crippen molar-refractivity contribution in [3.63, 3.8) is 0 Å². The van der Waals surface area contributed by atoms with Gasteiger partial charge in [0.1, 0.15) is 11.5 Å². The number of ether oxygens (including phenoxy) is 2. The van der Waals surface area contributed by atoms with Gasteiger partial charge in [0.15, 0.2) is 11.5 Å². The van der Waals surface area contributed by atoms with Crippen molar-refractivity contribution < 1.29 is 23.5 Å². The first-order valence-electron chi connectivity index (χ1n) is 8.20. The highest BCUT2D eigenvalue weighted by atomic mass is 16.5. The summed E-state index contributed by atoms with van der Waals surface area (Å²) in [5.41, 5.74) is 0.457. The Morgan fingerprint density at radius 3 is 2.54 bits per heavy atom. The van der Waals surface area contributed by atoms with Crippen LogP contribution in [0.15, 0.2) is 46.7 Å². The van der Waals surface area contributed by atoms with Crippen LogP contribution in [0.1, 0.15) is 29.0 Å². The Morgan fingerprint density at radius 1 is 1.15 bits per heavy atom. The van der Waals surface area contributed by atoms with Gasteiger partial charge in [0.05, 0.1) is 20.5 Å². The molecule has 1 fully saturated rings. The van der Waals surface area contributed by atoms with E-state index < -0.39 is 5.91 Å². The van der Waals surface area contributed by atoms with Crippen molar-refractivity contribution >= 4 is 17.9 Å². The highest BCUT2D eigenvalue weighted by molar-refractivity contribution is 6.05. The normalized spacial score (nSPS) is 13.8. The molecule has 0 radical (unpaired) electrons. The smallest absolute Gasteiger partial charge is 0.268 e. The van der Waals surface area contributed by atoms with Crippen LogP contribution in [0.5, 0.6) is 11.5 Å². The maximum Gasteiger partial charge on any atom is 0.268 e. The van der Waals surface area contributed by atoms with Crippen molar-refractivity contribution in [1.29, 1.82) is 0 Å². The Morgan fingerprint density at radius 2 is 1.92 bits per heavy atom. The fourth-order valence-corrected chi connectivity index (χ4v) is 2.34. The lowest BCUT2D eigenvalue weighted by atomic mass is 10.1. The summed E-state index contributed by atoms with van der Waals surface area (Å²) in [6, 6.07) is 8.36. The largest absolute Gasteiger partial charge is 0.493 e. The molecule has 0 aliphatic heterocycles. The molecule has 136 valence electrons. The summed E-state index contributed by atoms with van der Waals surface area (Å²) in [4.78, 5) is 25.0. The van der Waals surface area contributed by atoms with Crippen LogP contribution < -0.4 is 20.1 Å². The maximum absolute atomic E-state index is 12.6. The van der Waals surface area contributed by atoms with Gasteiger partial charge >= 0.3 is 0 Å². The van der Waals surface area contributed by atoms with Gasteiger partial charge in [-0.1, -0.05) is 0 Å². The maximum atomic E-state index is 12.6. The fourth-order valence-electron chi connectivity index (χ4n) is 2.34. The van der Waals surface area contributed by atoms with Crippen LogP contribution >= 0.6 is 0 Å². The zero-order valence-corrected chi connectivity index (χ0v) is 14.6. The second kappa shape index (κ2) is 7.77. The van der Waals surface area contributed by atoms with Crippen molar-refractivity contribution in [2.45, 2.75) is 18.9 Å². The van der Waals surface area contributed by atoms with E-state index in [0.29, 0.717) is 22.8 Å². The highest BCUT2D eigenvalue weighted by Crippen LogP contribution is 2.27. The van der Waals surface area contributed by atoms with E-state index in [1.807, 2.05) is 0 Å². The van der Waals surface area contributed by atoms with E-state index in [4.69, 9.17) is 13.9 Å². The standard InChI is InChI=1S/C19H20N2O5/c1-24-16-8-5-12(10-17(16)25-2)18(22)21-15(11-14-4-3-9-26-14)19(23)20-13-6-7-13/h3-5,8-11,13H,6-7H2,1-2H3,(H,20,23)(H,21,22)/b15-11-. The van der Waals surface area contributed by atoms with Gasteiger partial charge in [-0.25, -0.2) is 0 Å². The zero-order valence-electron chi connectivity index (χ0n) is 14.6. The lowest BCUT2D eigenvalue weighted by molar-refractivity contribution is -0.117. The van der Waals surface area contributed by atoms with Gasteiger partial charge in [0, 0.05) is 17.7 Å². The summed E-state index contributed by atoms with van der Waals surface area (Å²) < 4.78 is 15.6. The SMILES string of the molecule is COc1ccc(C(=O)N/C(=C\c2ccco2)C(=O)NC2CC2)cc1OC. The Balaban J connectivity index is 1.81. The number of methoxy groups -OCH3 is 2. The van der Waals surface area contributed by atoms with Crippen LogP contribution in [-0.2, 0) is 4.79 Å². The number of nitrogens with one attached hydrogen (secondary N) is 2. The molecule has 7 heteroatoms. The minimum atomic E-state index is -0.435. The van der Waals surface area contributed by atoms with Crippen LogP contribution in [0.25, 0.3) is 6.08 Å². The van der Waals surface area contributed by atoms with E-state index in [1.165, 1.54) is 26.6 Å². The summed E-state index contributed by atoms with van der Waals surface area (Å²) >= 11 is 0. The number of amides is 2. The van der Waals surface area contributed by atoms with Crippen molar-refractivity contribution in [3.05, 3.63) is 53.6 Å². The summed E-state index contributed by atoms with van der Waals surface area (Å²) in [6.45, 7) is 0. The minimum Gasteiger partial charge on any atom is -0.493 e. The molecule has 1 saturated carbocycles. The highest BCUT2D eigenvalue weighted by Gasteiger charge is 2.26. The molecule has 0 saturated heterocycles. The number of rotatable bonds is 7. The first-order chi connectivity index (χ1) is 12.6. The third-order valence-corrected chi connectivity index (χ3v) is 3.88. The van der Waals surface area contributed by atoms with Crippen LogP contribution in [-0.4, -0.2) is 32.1 Å². The van der Waals surface area contributed by atoms with E-state index in [2.05, 4.69) is 10.6 Å². The second-order valence-electron chi connectivity index (χ2n) is 5.85. The Bertz CT molecular complexity index is 822. The average molecular weight is 356 g/mol. The van der Waals surface area contributed by atoms with Crippen molar-refractivity contribution in [2.75, 3.05) is 14.2 Å². The van der Waals surface area contributed by atoms with E-state index >= 15 is 0 Å². The number of hydrogen-bond donors (Lipinski definition) is 2. The molecule has 1 heterocycles. The van der Waals surface area contributed by atoms with Crippen molar-refractivity contribution in [3.8, 4) is 11.5 Å². The minimum absolute atomic E-state index is 0.117. The van der Waals surface area contributed by atoms with Crippen molar-refractivity contribution in [2.24, 2.45) is 0 Å². The summed E-state index contributed by atoms with van der Waals surface area (Å²) in [7, 11) is 3.01. The molecule has 7 nitrogen and oxygen atoms in total. The molecule has 1 aliphatic rings. The third kappa shape index (κ3) is 4.24. The second-order valence-corrected chi connectivity index (χ2v) is 5.85.